The highest BCUT2D eigenvalue weighted by molar-refractivity contribution is 5.34. The number of rotatable bonds is 1. The topological polar surface area (TPSA) is 20.2 Å². The highest BCUT2D eigenvalue weighted by Crippen LogP contribution is 2.41. The summed E-state index contributed by atoms with van der Waals surface area (Å²) in [4.78, 5) is 0. The van der Waals surface area contributed by atoms with Crippen molar-refractivity contribution in [2.45, 2.75) is 60.5 Å². The molecule has 1 nitrogen and oxygen atoms in total. The smallest absolute Gasteiger partial charge is 0.0585 e. The molecule has 1 heteroatoms. The maximum atomic E-state index is 9.80. The quantitative estimate of drug-likeness (QED) is 0.708. The molecule has 92 valence electrons. The van der Waals surface area contributed by atoms with Crippen LogP contribution in [0.5, 0.6) is 0 Å². The Bertz CT molecular complexity index is 313. The molecule has 0 radical (unpaired) electrons. The number of hydrogen-bond donors (Lipinski definition) is 1. The van der Waals surface area contributed by atoms with E-state index in [0.29, 0.717) is 0 Å². The molecule has 0 aromatic heterocycles. The molecule has 0 aliphatic heterocycles. The third-order valence-electron chi connectivity index (χ3n) is 3.23. The molecule has 1 atom stereocenters. The van der Waals surface area contributed by atoms with E-state index in [2.05, 4.69) is 53.7 Å². The van der Waals surface area contributed by atoms with Gasteiger partial charge in [-0.1, -0.05) is 52.3 Å². The Morgan fingerprint density at radius 2 is 1.88 bits per heavy atom. The minimum Gasteiger partial charge on any atom is -0.393 e. The average Bonchev–Trinajstić information content (AvgIpc) is 1.96. The minimum atomic E-state index is -0.165. The summed E-state index contributed by atoms with van der Waals surface area (Å²) >= 11 is 0. The Labute approximate surface area is 100 Å². The standard InChI is InChI=1S/C15H26O/c1-11-9-12(16)10-15(5,6)13(11)7-8-14(2,3)4/h7-8,12,16H,9-10H2,1-6H3/b8-7+. The van der Waals surface area contributed by atoms with Crippen LogP contribution in [0.25, 0.3) is 0 Å². The van der Waals surface area contributed by atoms with Crippen molar-refractivity contribution in [3.8, 4) is 0 Å². The van der Waals surface area contributed by atoms with Crippen LogP contribution in [0, 0.1) is 10.8 Å². The van der Waals surface area contributed by atoms with Gasteiger partial charge in [0.1, 0.15) is 0 Å². The first-order chi connectivity index (χ1) is 7.12. The molecule has 16 heavy (non-hydrogen) atoms. The van der Waals surface area contributed by atoms with E-state index in [0.717, 1.165) is 12.8 Å². The van der Waals surface area contributed by atoms with Gasteiger partial charge in [-0.25, -0.2) is 0 Å². The van der Waals surface area contributed by atoms with Crippen molar-refractivity contribution in [3.63, 3.8) is 0 Å². The molecule has 0 saturated heterocycles. The zero-order valence-corrected chi connectivity index (χ0v) is 11.6. The van der Waals surface area contributed by atoms with Crippen LogP contribution < -0.4 is 0 Å². The summed E-state index contributed by atoms with van der Waals surface area (Å²) < 4.78 is 0. The van der Waals surface area contributed by atoms with E-state index in [-0.39, 0.29) is 16.9 Å². The highest BCUT2D eigenvalue weighted by Gasteiger charge is 2.31. The molecule has 0 bridgehead atoms. The van der Waals surface area contributed by atoms with Crippen molar-refractivity contribution in [2.24, 2.45) is 10.8 Å². The number of allylic oxidation sites excluding steroid dienone is 3. The van der Waals surface area contributed by atoms with Gasteiger partial charge in [0.15, 0.2) is 0 Å². The number of aliphatic hydroxyl groups is 1. The van der Waals surface area contributed by atoms with E-state index in [1.165, 1.54) is 11.1 Å². The van der Waals surface area contributed by atoms with Crippen LogP contribution in [0.3, 0.4) is 0 Å². The van der Waals surface area contributed by atoms with Gasteiger partial charge in [-0.2, -0.15) is 0 Å². The summed E-state index contributed by atoms with van der Waals surface area (Å²) in [6.45, 7) is 13.2. The van der Waals surface area contributed by atoms with Crippen LogP contribution in [0.2, 0.25) is 0 Å². The van der Waals surface area contributed by atoms with Crippen LogP contribution in [0.15, 0.2) is 23.3 Å². The monoisotopic (exact) mass is 222 g/mol. The summed E-state index contributed by atoms with van der Waals surface area (Å²) in [5.41, 5.74) is 3.07. The molecule has 0 saturated carbocycles. The van der Waals surface area contributed by atoms with E-state index in [4.69, 9.17) is 0 Å². The maximum Gasteiger partial charge on any atom is 0.0585 e. The van der Waals surface area contributed by atoms with Crippen LogP contribution >= 0.6 is 0 Å². The van der Waals surface area contributed by atoms with Gasteiger partial charge >= 0.3 is 0 Å². The lowest BCUT2D eigenvalue weighted by Gasteiger charge is -2.36. The lowest BCUT2D eigenvalue weighted by atomic mass is 9.71. The van der Waals surface area contributed by atoms with Crippen LogP contribution in [-0.4, -0.2) is 11.2 Å². The summed E-state index contributed by atoms with van der Waals surface area (Å²) in [5, 5.41) is 9.80. The maximum absolute atomic E-state index is 9.80. The van der Waals surface area contributed by atoms with Gasteiger partial charge in [0, 0.05) is 0 Å². The Kier molecular flexibility index (Phi) is 3.69. The van der Waals surface area contributed by atoms with Gasteiger partial charge in [-0.15, -0.1) is 0 Å². The summed E-state index contributed by atoms with van der Waals surface area (Å²) in [7, 11) is 0. The molecule has 0 spiro atoms. The first-order valence-electron chi connectivity index (χ1n) is 6.19. The van der Waals surface area contributed by atoms with Crippen molar-refractivity contribution >= 4 is 0 Å². The van der Waals surface area contributed by atoms with E-state index in [1.807, 2.05) is 0 Å². The van der Waals surface area contributed by atoms with Crippen molar-refractivity contribution in [1.82, 2.24) is 0 Å². The van der Waals surface area contributed by atoms with Gasteiger partial charge in [0.25, 0.3) is 0 Å². The molecule has 0 heterocycles. The fourth-order valence-corrected chi connectivity index (χ4v) is 2.51. The first kappa shape index (κ1) is 13.5. The Balaban J connectivity index is 3.00. The molecule has 0 aromatic carbocycles. The molecule has 0 aromatic rings. The normalized spacial score (nSPS) is 26.6. The lowest BCUT2D eigenvalue weighted by Crippen LogP contribution is -2.28. The Hall–Kier alpha value is -0.560. The summed E-state index contributed by atoms with van der Waals surface area (Å²) in [5.74, 6) is 0. The second kappa shape index (κ2) is 4.37. The average molecular weight is 222 g/mol. The van der Waals surface area contributed by atoms with E-state index < -0.39 is 0 Å². The SMILES string of the molecule is CC1=C(/C=C/C(C)(C)C)C(C)(C)CC(O)C1. The number of aliphatic hydroxyl groups excluding tert-OH is 1. The number of hydrogen-bond acceptors (Lipinski definition) is 1. The van der Waals surface area contributed by atoms with E-state index in [9.17, 15) is 5.11 Å². The first-order valence-corrected chi connectivity index (χ1v) is 6.19. The lowest BCUT2D eigenvalue weighted by molar-refractivity contribution is 0.116. The molecular formula is C15H26O. The predicted molar refractivity (Wildman–Crippen MR) is 70.3 cm³/mol. The summed E-state index contributed by atoms with van der Waals surface area (Å²) in [6.07, 6.45) is 6.07. The van der Waals surface area contributed by atoms with Gasteiger partial charge in [0.2, 0.25) is 0 Å². The largest absolute Gasteiger partial charge is 0.393 e. The Morgan fingerprint density at radius 3 is 2.31 bits per heavy atom. The molecular weight excluding hydrogens is 196 g/mol. The van der Waals surface area contributed by atoms with Gasteiger partial charge in [-0.3, -0.25) is 0 Å². The molecule has 1 aliphatic carbocycles. The minimum absolute atomic E-state index is 0.101. The molecule has 0 fully saturated rings. The highest BCUT2D eigenvalue weighted by atomic mass is 16.3. The van der Waals surface area contributed by atoms with Crippen LogP contribution in [-0.2, 0) is 0 Å². The molecule has 1 rings (SSSR count). The molecule has 0 amide bonds. The van der Waals surface area contributed by atoms with E-state index in [1.54, 1.807) is 0 Å². The Morgan fingerprint density at radius 1 is 1.31 bits per heavy atom. The van der Waals surface area contributed by atoms with Crippen molar-refractivity contribution in [2.75, 3.05) is 0 Å². The molecule has 1 aliphatic rings. The van der Waals surface area contributed by atoms with Gasteiger partial charge in [-0.05, 0) is 36.2 Å². The second-order valence-corrected chi connectivity index (χ2v) is 6.84. The fourth-order valence-electron chi connectivity index (χ4n) is 2.51. The predicted octanol–water partition coefficient (Wildman–Crippen LogP) is 4.09. The zero-order valence-electron chi connectivity index (χ0n) is 11.6. The zero-order chi connectivity index (χ0) is 12.6. The molecule has 1 unspecified atom stereocenters. The third-order valence-corrected chi connectivity index (χ3v) is 3.23. The molecule has 1 N–H and O–H groups in total. The van der Waals surface area contributed by atoms with Crippen molar-refractivity contribution in [3.05, 3.63) is 23.3 Å². The van der Waals surface area contributed by atoms with Crippen molar-refractivity contribution in [1.29, 1.82) is 0 Å². The van der Waals surface area contributed by atoms with Crippen LogP contribution in [0.4, 0.5) is 0 Å². The fraction of sp³-hybridized carbons (Fsp3) is 0.733. The second-order valence-electron chi connectivity index (χ2n) is 6.84. The summed E-state index contributed by atoms with van der Waals surface area (Å²) in [6, 6.07) is 0. The van der Waals surface area contributed by atoms with E-state index >= 15 is 0 Å². The third kappa shape index (κ3) is 3.48. The van der Waals surface area contributed by atoms with Crippen molar-refractivity contribution < 1.29 is 5.11 Å². The van der Waals surface area contributed by atoms with Gasteiger partial charge < -0.3 is 5.11 Å². The van der Waals surface area contributed by atoms with Gasteiger partial charge in [0.05, 0.1) is 6.10 Å². The van der Waals surface area contributed by atoms with Crippen LogP contribution in [0.1, 0.15) is 54.4 Å².